The van der Waals surface area contributed by atoms with Gasteiger partial charge in [-0.1, -0.05) is 43.3 Å². The second-order valence-electron chi connectivity index (χ2n) is 6.84. The number of benzene rings is 1. The summed E-state index contributed by atoms with van der Waals surface area (Å²) in [5.41, 5.74) is 1.86. The van der Waals surface area contributed by atoms with Gasteiger partial charge in [0.25, 0.3) is 0 Å². The molecule has 5 heteroatoms. The number of aliphatic hydroxyl groups is 1. The van der Waals surface area contributed by atoms with Crippen molar-refractivity contribution in [2.45, 2.75) is 45.2 Å². The SMILES string of the molecule is C=CCOC(=O)C1=C[C@H](C2CCC2)C[C@H](OCc2ccc(CO)cc2)O1. The van der Waals surface area contributed by atoms with Crippen LogP contribution in [0.5, 0.6) is 0 Å². The molecule has 26 heavy (non-hydrogen) atoms. The number of allylic oxidation sites excluding steroid dienone is 1. The molecule has 1 N–H and O–H groups in total. The van der Waals surface area contributed by atoms with Crippen LogP contribution in [0.4, 0.5) is 0 Å². The number of aliphatic hydroxyl groups excluding tert-OH is 1. The highest BCUT2D eigenvalue weighted by atomic mass is 16.7. The quantitative estimate of drug-likeness (QED) is 0.569. The normalized spacial score (nSPS) is 22.7. The van der Waals surface area contributed by atoms with E-state index in [2.05, 4.69) is 6.58 Å². The Morgan fingerprint density at radius 1 is 1.27 bits per heavy atom. The second kappa shape index (κ2) is 9.01. The molecule has 0 radical (unpaired) electrons. The van der Waals surface area contributed by atoms with Gasteiger partial charge in [0, 0.05) is 6.42 Å². The number of hydrogen-bond acceptors (Lipinski definition) is 5. The predicted octanol–water partition coefficient (Wildman–Crippen LogP) is 3.47. The molecular formula is C21H26O5. The summed E-state index contributed by atoms with van der Waals surface area (Å²) in [6.07, 6.45) is 7.35. The molecule has 1 fully saturated rings. The van der Waals surface area contributed by atoms with Gasteiger partial charge in [-0.15, -0.1) is 0 Å². The van der Waals surface area contributed by atoms with Gasteiger partial charge in [-0.25, -0.2) is 4.79 Å². The average molecular weight is 358 g/mol. The van der Waals surface area contributed by atoms with E-state index >= 15 is 0 Å². The number of rotatable bonds is 8. The zero-order valence-corrected chi connectivity index (χ0v) is 14.9. The summed E-state index contributed by atoms with van der Waals surface area (Å²) in [5, 5.41) is 9.11. The first kappa shape index (κ1) is 18.7. The van der Waals surface area contributed by atoms with Crippen molar-refractivity contribution >= 4 is 5.97 Å². The molecule has 3 rings (SSSR count). The van der Waals surface area contributed by atoms with Crippen molar-refractivity contribution in [2.24, 2.45) is 11.8 Å². The van der Waals surface area contributed by atoms with Crippen molar-refractivity contribution in [3.05, 3.63) is 59.9 Å². The molecule has 0 saturated heterocycles. The van der Waals surface area contributed by atoms with E-state index in [1.165, 1.54) is 25.3 Å². The first-order chi connectivity index (χ1) is 12.7. The topological polar surface area (TPSA) is 65.0 Å². The van der Waals surface area contributed by atoms with E-state index in [4.69, 9.17) is 19.3 Å². The molecular weight excluding hydrogens is 332 g/mol. The molecule has 0 unspecified atom stereocenters. The maximum absolute atomic E-state index is 12.2. The van der Waals surface area contributed by atoms with Crippen molar-refractivity contribution < 1.29 is 24.1 Å². The molecule has 1 saturated carbocycles. The van der Waals surface area contributed by atoms with E-state index in [1.54, 1.807) is 0 Å². The third kappa shape index (κ3) is 4.74. The Morgan fingerprint density at radius 3 is 2.62 bits per heavy atom. The highest BCUT2D eigenvalue weighted by Crippen LogP contribution is 2.40. The number of carbonyl (C=O) groups excluding carboxylic acids is 1. The van der Waals surface area contributed by atoms with E-state index in [9.17, 15) is 4.79 Å². The van der Waals surface area contributed by atoms with Crippen molar-refractivity contribution in [1.82, 2.24) is 0 Å². The summed E-state index contributed by atoms with van der Waals surface area (Å²) >= 11 is 0. The minimum Gasteiger partial charge on any atom is -0.458 e. The molecule has 5 nitrogen and oxygen atoms in total. The summed E-state index contributed by atoms with van der Waals surface area (Å²) in [7, 11) is 0. The van der Waals surface area contributed by atoms with Gasteiger partial charge < -0.3 is 19.3 Å². The van der Waals surface area contributed by atoms with Gasteiger partial charge in [0.1, 0.15) is 6.61 Å². The van der Waals surface area contributed by atoms with E-state index < -0.39 is 12.3 Å². The van der Waals surface area contributed by atoms with E-state index in [-0.39, 0.29) is 24.9 Å². The van der Waals surface area contributed by atoms with Crippen LogP contribution in [0.1, 0.15) is 36.8 Å². The number of carbonyl (C=O) groups is 1. The van der Waals surface area contributed by atoms with E-state index in [1.807, 2.05) is 30.3 Å². The molecule has 1 aliphatic carbocycles. The zero-order chi connectivity index (χ0) is 18.4. The molecule has 0 aromatic heterocycles. The van der Waals surface area contributed by atoms with Crippen LogP contribution in [-0.4, -0.2) is 24.0 Å². The van der Waals surface area contributed by atoms with Gasteiger partial charge in [-0.3, -0.25) is 0 Å². The standard InChI is InChI=1S/C21H26O5/c1-2-10-24-21(23)19-11-18(17-4-3-5-17)12-20(26-19)25-14-16-8-6-15(13-22)7-9-16/h2,6-9,11,17-18,20,22H,1,3-5,10,12-14H2/t18-,20+/m0/s1. The Labute approximate surface area is 154 Å². The fraction of sp³-hybridized carbons (Fsp3) is 0.476. The molecule has 0 bridgehead atoms. The molecule has 140 valence electrons. The molecule has 1 aliphatic heterocycles. The summed E-state index contributed by atoms with van der Waals surface area (Å²) < 4.78 is 16.8. The Bertz CT molecular complexity index is 645. The Morgan fingerprint density at radius 2 is 2.00 bits per heavy atom. The van der Waals surface area contributed by atoms with Crippen LogP contribution in [0.25, 0.3) is 0 Å². The summed E-state index contributed by atoms with van der Waals surface area (Å²) in [5.74, 6) is 0.659. The number of ether oxygens (including phenoxy) is 3. The molecule has 1 heterocycles. The van der Waals surface area contributed by atoms with E-state index in [0.717, 1.165) is 17.5 Å². The van der Waals surface area contributed by atoms with Gasteiger partial charge in [-0.05, 0) is 41.9 Å². The number of esters is 1. The number of hydrogen-bond donors (Lipinski definition) is 1. The summed E-state index contributed by atoms with van der Waals surface area (Å²) in [6.45, 7) is 4.14. The van der Waals surface area contributed by atoms with Crippen LogP contribution in [0, 0.1) is 11.8 Å². The molecule has 2 aliphatic rings. The van der Waals surface area contributed by atoms with Crippen LogP contribution in [-0.2, 0) is 32.2 Å². The smallest absolute Gasteiger partial charge is 0.373 e. The van der Waals surface area contributed by atoms with Gasteiger partial charge in [-0.2, -0.15) is 0 Å². The van der Waals surface area contributed by atoms with Gasteiger partial charge in [0.05, 0.1) is 13.2 Å². The van der Waals surface area contributed by atoms with Crippen molar-refractivity contribution in [1.29, 1.82) is 0 Å². The lowest BCUT2D eigenvalue weighted by Crippen LogP contribution is -2.33. The molecule has 2 atom stereocenters. The van der Waals surface area contributed by atoms with Crippen LogP contribution < -0.4 is 0 Å². The molecule has 0 amide bonds. The summed E-state index contributed by atoms with van der Waals surface area (Å²) in [6, 6.07) is 7.59. The predicted molar refractivity (Wildman–Crippen MR) is 96.7 cm³/mol. The van der Waals surface area contributed by atoms with Crippen LogP contribution in [0.15, 0.2) is 48.8 Å². The van der Waals surface area contributed by atoms with Gasteiger partial charge in [0.2, 0.25) is 12.0 Å². The average Bonchev–Trinajstić information content (AvgIpc) is 2.63. The minimum atomic E-state index is -0.464. The lowest BCUT2D eigenvalue weighted by Gasteiger charge is -2.37. The molecule has 1 aromatic carbocycles. The van der Waals surface area contributed by atoms with Gasteiger partial charge >= 0.3 is 5.97 Å². The summed E-state index contributed by atoms with van der Waals surface area (Å²) in [4.78, 5) is 12.2. The lowest BCUT2D eigenvalue weighted by atomic mass is 9.73. The first-order valence-electron chi connectivity index (χ1n) is 9.16. The molecule has 0 spiro atoms. The largest absolute Gasteiger partial charge is 0.458 e. The fourth-order valence-electron chi connectivity index (χ4n) is 3.26. The highest BCUT2D eigenvalue weighted by molar-refractivity contribution is 5.86. The van der Waals surface area contributed by atoms with Crippen molar-refractivity contribution in [2.75, 3.05) is 6.61 Å². The minimum absolute atomic E-state index is 0.0247. The maximum Gasteiger partial charge on any atom is 0.373 e. The fourth-order valence-corrected chi connectivity index (χ4v) is 3.26. The third-order valence-corrected chi connectivity index (χ3v) is 5.02. The zero-order valence-electron chi connectivity index (χ0n) is 14.9. The lowest BCUT2D eigenvalue weighted by molar-refractivity contribution is -0.167. The molecule has 1 aromatic rings. The third-order valence-electron chi connectivity index (χ3n) is 5.02. The Hall–Kier alpha value is -2.11. The highest BCUT2D eigenvalue weighted by Gasteiger charge is 2.35. The van der Waals surface area contributed by atoms with E-state index in [0.29, 0.717) is 12.5 Å². The van der Waals surface area contributed by atoms with Gasteiger partial charge in [0.15, 0.2) is 0 Å². The second-order valence-corrected chi connectivity index (χ2v) is 6.84. The monoisotopic (exact) mass is 358 g/mol. The van der Waals surface area contributed by atoms with Crippen LogP contribution in [0.3, 0.4) is 0 Å². The Kier molecular flexibility index (Phi) is 6.47. The first-order valence-corrected chi connectivity index (χ1v) is 9.16. The van der Waals surface area contributed by atoms with Crippen molar-refractivity contribution in [3.63, 3.8) is 0 Å². The van der Waals surface area contributed by atoms with Crippen LogP contribution >= 0.6 is 0 Å². The van der Waals surface area contributed by atoms with Crippen LogP contribution in [0.2, 0.25) is 0 Å². The maximum atomic E-state index is 12.2. The van der Waals surface area contributed by atoms with Crippen molar-refractivity contribution in [3.8, 4) is 0 Å². The Balaban J connectivity index is 1.61.